The quantitative estimate of drug-likeness (QED) is 0.735. The number of likely N-dealkylation sites (tertiary alicyclic amines) is 1. The number of thioether (sulfide) groups is 1. The molecule has 1 aliphatic heterocycles. The molecule has 1 heterocycles. The highest BCUT2D eigenvalue weighted by Crippen LogP contribution is 2.19. The molecule has 2 amide bonds. The number of benzene rings is 1. The van der Waals surface area contributed by atoms with Gasteiger partial charge in [0, 0.05) is 37.6 Å². The van der Waals surface area contributed by atoms with E-state index in [0.29, 0.717) is 25.4 Å². The summed E-state index contributed by atoms with van der Waals surface area (Å²) in [4.78, 5) is 25.9. The van der Waals surface area contributed by atoms with Gasteiger partial charge >= 0.3 is 0 Å². The van der Waals surface area contributed by atoms with Gasteiger partial charge in [0.2, 0.25) is 11.8 Å². The standard InChI is InChI=1S/C19H28N2O2S/c1-14(2)11-21-12-17(10-18(21)22)19(23)20-8-9-24-13-16-6-4-15(3)5-7-16/h4-7,14,17H,8-13H2,1-3H3,(H,20,23)/t17-/m1/s1. The highest BCUT2D eigenvalue weighted by Gasteiger charge is 2.34. The van der Waals surface area contributed by atoms with Crippen LogP contribution in [0.2, 0.25) is 0 Å². The molecule has 132 valence electrons. The first kappa shape index (κ1) is 18.8. The number of aryl methyl sites for hydroxylation is 1. The van der Waals surface area contributed by atoms with Gasteiger partial charge in [-0.3, -0.25) is 9.59 Å². The van der Waals surface area contributed by atoms with Gasteiger partial charge in [-0.1, -0.05) is 43.7 Å². The van der Waals surface area contributed by atoms with E-state index in [9.17, 15) is 9.59 Å². The molecule has 1 saturated heterocycles. The molecule has 1 fully saturated rings. The lowest BCUT2D eigenvalue weighted by molar-refractivity contribution is -0.129. The van der Waals surface area contributed by atoms with Gasteiger partial charge in [0.15, 0.2) is 0 Å². The van der Waals surface area contributed by atoms with Gasteiger partial charge in [0.1, 0.15) is 0 Å². The summed E-state index contributed by atoms with van der Waals surface area (Å²) >= 11 is 1.81. The number of carbonyl (C=O) groups is 2. The first-order valence-corrected chi connectivity index (χ1v) is 9.80. The second-order valence-electron chi connectivity index (χ2n) is 6.92. The Balaban J connectivity index is 1.63. The maximum Gasteiger partial charge on any atom is 0.225 e. The minimum absolute atomic E-state index is 0.0190. The van der Waals surface area contributed by atoms with Crippen molar-refractivity contribution in [3.63, 3.8) is 0 Å². The van der Waals surface area contributed by atoms with Gasteiger partial charge in [-0.15, -0.1) is 0 Å². The average Bonchev–Trinajstić information content (AvgIpc) is 2.89. The molecule has 5 heteroatoms. The van der Waals surface area contributed by atoms with E-state index in [4.69, 9.17) is 0 Å². The van der Waals surface area contributed by atoms with Crippen LogP contribution in [0.25, 0.3) is 0 Å². The molecule has 1 aromatic carbocycles. The van der Waals surface area contributed by atoms with E-state index in [1.807, 2.05) is 16.7 Å². The van der Waals surface area contributed by atoms with Crippen molar-refractivity contribution in [1.29, 1.82) is 0 Å². The maximum absolute atomic E-state index is 12.2. The molecule has 24 heavy (non-hydrogen) atoms. The van der Waals surface area contributed by atoms with Crippen LogP contribution in [0, 0.1) is 18.8 Å². The maximum atomic E-state index is 12.2. The van der Waals surface area contributed by atoms with Crippen molar-refractivity contribution in [2.75, 3.05) is 25.4 Å². The van der Waals surface area contributed by atoms with Crippen molar-refractivity contribution in [3.05, 3.63) is 35.4 Å². The SMILES string of the molecule is Cc1ccc(CSCCNC(=O)[C@@H]2CC(=O)N(CC(C)C)C2)cc1. The fraction of sp³-hybridized carbons (Fsp3) is 0.579. The van der Waals surface area contributed by atoms with Crippen LogP contribution in [0.3, 0.4) is 0 Å². The van der Waals surface area contributed by atoms with Crippen LogP contribution < -0.4 is 5.32 Å². The molecule has 0 unspecified atom stereocenters. The number of rotatable bonds is 8. The van der Waals surface area contributed by atoms with Gasteiger partial charge in [0.05, 0.1) is 5.92 Å². The second kappa shape index (κ2) is 9.11. The Kier molecular flexibility index (Phi) is 7.16. The average molecular weight is 349 g/mol. The Morgan fingerprint density at radius 1 is 1.33 bits per heavy atom. The van der Waals surface area contributed by atoms with Gasteiger partial charge in [-0.2, -0.15) is 11.8 Å². The van der Waals surface area contributed by atoms with Crippen LogP contribution in [0.1, 0.15) is 31.4 Å². The van der Waals surface area contributed by atoms with Crippen LogP contribution in [0.15, 0.2) is 24.3 Å². The van der Waals surface area contributed by atoms with Crippen molar-refractivity contribution in [2.45, 2.75) is 32.9 Å². The zero-order chi connectivity index (χ0) is 17.5. The summed E-state index contributed by atoms with van der Waals surface area (Å²) < 4.78 is 0. The predicted octanol–water partition coefficient (Wildman–Crippen LogP) is 2.85. The van der Waals surface area contributed by atoms with Gasteiger partial charge in [0.25, 0.3) is 0 Å². The molecule has 2 rings (SSSR count). The summed E-state index contributed by atoms with van der Waals surface area (Å²) in [6.07, 6.45) is 0.356. The van der Waals surface area contributed by atoms with Crippen LogP contribution in [-0.2, 0) is 15.3 Å². The third kappa shape index (κ3) is 5.86. The fourth-order valence-corrected chi connectivity index (χ4v) is 3.65. The van der Waals surface area contributed by atoms with E-state index < -0.39 is 0 Å². The highest BCUT2D eigenvalue weighted by molar-refractivity contribution is 7.98. The number of hydrogen-bond donors (Lipinski definition) is 1. The Morgan fingerprint density at radius 2 is 2.04 bits per heavy atom. The molecular formula is C19H28N2O2S. The molecular weight excluding hydrogens is 320 g/mol. The van der Waals surface area contributed by atoms with E-state index in [2.05, 4.69) is 50.4 Å². The summed E-state index contributed by atoms with van der Waals surface area (Å²) in [6.45, 7) is 8.24. The second-order valence-corrected chi connectivity index (χ2v) is 8.03. The summed E-state index contributed by atoms with van der Waals surface area (Å²) in [6, 6.07) is 8.54. The molecule has 1 aromatic rings. The fourth-order valence-electron chi connectivity index (χ4n) is 2.83. The Labute approximate surface area is 149 Å². The molecule has 0 spiro atoms. The van der Waals surface area contributed by atoms with Crippen molar-refractivity contribution < 1.29 is 9.59 Å². The topological polar surface area (TPSA) is 49.4 Å². The molecule has 1 aliphatic rings. The molecule has 0 aliphatic carbocycles. The summed E-state index contributed by atoms with van der Waals surface area (Å²) in [5, 5.41) is 2.98. The van der Waals surface area contributed by atoms with E-state index in [0.717, 1.165) is 18.1 Å². The summed E-state index contributed by atoms with van der Waals surface area (Å²) in [7, 11) is 0. The van der Waals surface area contributed by atoms with Crippen molar-refractivity contribution in [3.8, 4) is 0 Å². The van der Waals surface area contributed by atoms with Crippen LogP contribution in [0.5, 0.6) is 0 Å². The lowest BCUT2D eigenvalue weighted by Gasteiger charge is -2.18. The van der Waals surface area contributed by atoms with E-state index in [1.54, 1.807) is 0 Å². The first-order chi connectivity index (χ1) is 11.5. The molecule has 0 aromatic heterocycles. The van der Waals surface area contributed by atoms with Crippen molar-refractivity contribution >= 4 is 23.6 Å². The predicted molar refractivity (Wildman–Crippen MR) is 99.9 cm³/mol. The molecule has 1 N–H and O–H groups in total. The normalized spacial score (nSPS) is 17.6. The lowest BCUT2D eigenvalue weighted by atomic mass is 10.1. The van der Waals surface area contributed by atoms with E-state index in [-0.39, 0.29) is 17.7 Å². The van der Waals surface area contributed by atoms with Gasteiger partial charge < -0.3 is 10.2 Å². The van der Waals surface area contributed by atoms with Crippen LogP contribution in [-0.4, -0.2) is 42.1 Å². The number of carbonyl (C=O) groups excluding carboxylic acids is 2. The lowest BCUT2D eigenvalue weighted by Crippen LogP contribution is -2.35. The van der Waals surface area contributed by atoms with E-state index in [1.165, 1.54) is 11.1 Å². The zero-order valence-corrected chi connectivity index (χ0v) is 15.7. The Hall–Kier alpha value is -1.49. The van der Waals surface area contributed by atoms with Crippen LogP contribution >= 0.6 is 11.8 Å². The van der Waals surface area contributed by atoms with Crippen molar-refractivity contribution in [2.24, 2.45) is 11.8 Å². The van der Waals surface area contributed by atoms with Gasteiger partial charge in [-0.25, -0.2) is 0 Å². The minimum Gasteiger partial charge on any atom is -0.355 e. The molecule has 0 bridgehead atoms. The number of hydrogen-bond acceptors (Lipinski definition) is 3. The Bertz CT molecular complexity index is 557. The van der Waals surface area contributed by atoms with Crippen molar-refractivity contribution in [1.82, 2.24) is 10.2 Å². The zero-order valence-electron chi connectivity index (χ0n) is 14.9. The minimum atomic E-state index is -0.182. The monoisotopic (exact) mass is 348 g/mol. The highest BCUT2D eigenvalue weighted by atomic mass is 32.2. The number of nitrogens with zero attached hydrogens (tertiary/aromatic N) is 1. The third-order valence-corrected chi connectivity index (χ3v) is 5.14. The van der Waals surface area contributed by atoms with Gasteiger partial charge in [-0.05, 0) is 18.4 Å². The molecule has 0 radical (unpaired) electrons. The largest absolute Gasteiger partial charge is 0.355 e. The smallest absolute Gasteiger partial charge is 0.225 e. The molecule has 1 atom stereocenters. The number of nitrogens with one attached hydrogen (secondary N) is 1. The summed E-state index contributed by atoms with van der Waals surface area (Å²) in [5.74, 6) is 2.23. The number of amides is 2. The molecule has 4 nitrogen and oxygen atoms in total. The van der Waals surface area contributed by atoms with E-state index >= 15 is 0 Å². The first-order valence-electron chi connectivity index (χ1n) is 8.64. The Morgan fingerprint density at radius 3 is 2.71 bits per heavy atom. The summed E-state index contributed by atoms with van der Waals surface area (Å²) in [5.41, 5.74) is 2.58. The van der Waals surface area contributed by atoms with Crippen LogP contribution in [0.4, 0.5) is 0 Å². The molecule has 0 saturated carbocycles. The third-order valence-electron chi connectivity index (χ3n) is 4.11.